The Bertz CT molecular complexity index is 688. The summed E-state index contributed by atoms with van der Waals surface area (Å²) in [6, 6.07) is 4.05. The zero-order chi connectivity index (χ0) is 20.9. The lowest BCUT2D eigenvalue weighted by Gasteiger charge is -2.37. The number of amides is 2. The van der Waals surface area contributed by atoms with E-state index in [1.807, 2.05) is 18.7 Å². The predicted molar refractivity (Wildman–Crippen MR) is 99.0 cm³/mol. The number of anilines is 1. The molecule has 1 aromatic carbocycles. The Morgan fingerprint density at radius 3 is 2.39 bits per heavy atom. The fraction of sp³-hybridized carbons (Fsp3) is 0.579. The molecule has 2 rings (SSSR count). The number of nitrogens with one attached hydrogen (secondary N) is 1. The minimum absolute atomic E-state index is 0.0807. The third-order valence-corrected chi connectivity index (χ3v) is 5.05. The minimum atomic E-state index is -4.39. The quantitative estimate of drug-likeness (QED) is 0.770. The molecular formula is C19H26F3N3O3. The molecule has 1 aliphatic rings. The van der Waals surface area contributed by atoms with E-state index in [9.17, 15) is 22.8 Å². The second-order valence-corrected chi connectivity index (χ2v) is 6.86. The van der Waals surface area contributed by atoms with Crippen molar-refractivity contribution in [1.82, 2.24) is 10.2 Å². The fourth-order valence-corrected chi connectivity index (χ4v) is 3.07. The number of ether oxygens (including phenoxy) is 1. The van der Waals surface area contributed by atoms with Crippen molar-refractivity contribution in [3.8, 4) is 0 Å². The van der Waals surface area contributed by atoms with Crippen LogP contribution in [0.25, 0.3) is 0 Å². The van der Waals surface area contributed by atoms with Gasteiger partial charge in [-0.3, -0.25) is 0 Å². The zero-order valence-electron chi connectivity index (χ0n) is 16.3. The third-order valence-electron chi connectivity index (χ3n) is 5.05. The molecule has 1 fully saturated rings. The van der Waals surface area contributed by atoms with Gasteiger partial charge in [-0.2, -0.15) is 13.2 Å². The van der Waals surface area contributed by atoms with Crippen LogP contribution in [0.5, 0.6) is 0 Å². The number of hydrogen-bond donors (Lipinski definition) is 1. The molecule has 6 nitrogen and oxygen atoms in total. The number of rotatable bonds is 5. The van der Waals surface area contributed by atoms with Crippen molar-refractivity contribution in [2.75, 3.05) is 38.2 Å². The third kappa shape index (κ3) is 5.30. The fourth-order valence-electron chi connectivity index (χ4n) is 3.07. The second kappa shape index (κ2) is 9.16. The van der Waals surface area contributed by atoms with Gasteiger partial charge in [0.1, 0.15) is 6.04 Å². The van der Waals surface area contributed by atoms with E-state index < -0.39 is 23.8 Å². The average molecular weight is 401 g/mol. The number of nitrogens with zero attached hydrogens (tertiary/aromatic N) is 2. The molecule has 0 bridgehead atoms. The summed E-state index contributed by atoms with van der Waals surface area (Å²) in [4.78, 5) is 27.8. The molecule has 156 valence electrons. The van der Waals surface area contributed by atoms with E-state index >= 15 is 0 Å². The number of carbonyl (C=O) groups is 2. The van der Waals surface area contributed by atoms with Crippen LogP contribution < -0.4 is 10.2 Å². The number of urea groups is 1. The molecule has 0 radical (unpaired) electrons. The standard InChI is InChI=1S/C19H26F3N3O3/c1-4-13(2)16(17(26)28-3)23-18(27)25-10-8-24(9-11-25)15-7-5-6-14(12-15)19(20,21)22/h5-7,12-13,16H,4,8-11H2,1-3H3,(H,23,27)/t13-,16-/m0/s1. The molecule has 0 aromatic heterocycles. The number of halogens is 3. The first-order valence-electron chi connectivity index (χ1n) is 9.22. The van der Waals surface area contributed by atoms with E-state index in [-0.39, 0.29) is 11.9 Å². The number of alkyl halides is 3. The maximum Gasteiger partial charge on any atom is 0.416 e. The van der Waals surface area contributed by atoms with Crippen molar-refractivity contribution in [2.45, 2.75) is 32.5 Å². The lowest BCUT2D eigenvalue weighted by atomic mass is 9.99. The molecule has 0 aliphatic carbocycles. The topological polar surface area (TPSA) is 61.9 Å². The van der Waals surface area contributed by atoms with Crippen molar-refractivity contribution in [1.29, 1.82) is 0 Å². The van der Waals surface area contributed by atoms with Crippen LogP contribution in [-0.2, 0) is 15.7 Å². The van der Waals surface area contributed by atoms with Crippen LogP contribution in [0.2, 0.25) is 0 Å². The van der Waals surface area contributed by atoms with Crippen LogP contribution in [0.15, 0.2) is 24.3 Å². The first kappa shape index (κ1) is 21.8. The number of methoxy groups -OCH3 is 1. The molecule has 9 heteroatoms. The number of hydrogen-bond acceptors (Lipinski definition) is 4. The van der Waals surface area contributed by atoms with Gasteiger partial charge in [0.25, 0.3) is 0 Å². The maximum atomic E-state index is 12.9. The average Bonchev–Trinajstić information content (AvgIpc) is 2.70. The molecule has 0 saturated carbocycles. The number of benzene rings is 1. The van der Waals surface area contributed by atoms with E-state index in [4.69, 9.17) is 4.74 Å². The SMILES string of the molecule is CC[C@H](C)[C@H](NC(=O)N1CCN(c2cccc(C(F)(F)F)c2)CC1)C(=O)OC. The van der Waals surface area contributed by atoms with Crippen molar-refractivity contribution < 1.29 is 27.5 Å². The highest BCUT2D eigenvalue weighted by Gasteiger charge is 2.32. The van der Waals surface area contributed by atoms with Gasteiger partial charge in [-0.1, -0.05) is 26.3 Å². The van der Waals surface area contributed by atoms with Gasteiger partial charge in [-0.05, 0) is 24.1 Å². The molecular weight excluding hydrogens is 375 g/mol. The van der Waals surface area contributed by atoms with Crippen molar-refractivity contribution >= 4 is 17.7 Å². The number of carbonyl (C=O) groups excluding carboxylic acids is 2. The van der Waals surface area contributed by atoms with Crippen LogP contribution in [0.4, 0.5) is 23.7 Å². The smallest absolute Gasteiger partial charge is 0.416 e. The van der Waals surface area contributed by atoms with Gasteiger partial charge in [0, 0.05) is 31.9 Å². The summed E-state index contributed by atoms with van der Waals surface area (Å²) in [7, 11) is 1.28. The molecule has 1 N–H and O–H groups in total. The molecule has 0 unspecified atom stereocenters. The summed E-state index contributed by atoms with van der Waals surface area (Å²) in [5, 5.41) is 2.72. The molecule has 2 atom stereocenters. The van der Waals surface area contributed by atoms with E-state index in [0.717, 1.165) is 12.1 Å². The summed E-state index contributed by atoms with van der Waals surface area (Å²) < 4.78 is 43.5. The predicted octanol–water partition coefficient (Wildman–Crippen LogP) is 3.12. The Morgan fingerprint density at radius 1 is 1.21 bits per heavy atom. The highest BCUT2D eigenvalue weighted by atomic mass is 19.4. The van der Waals surface area contributed by atoms with Gasteiger partial charge in [-0.15, -0.1) is 0 Å². The molecule has 1 aromatic rings. The van der Waals surface area contributed by atoms with Gasteiger partial charge in [0.2, 0.25) is 0 Å². The Morgan fingerprint density at radius 2 is 1.86 bits per heavy atom. The van der Waals surface area contributed by atoms with Crippen LogP contribution in [0, 0.1) is 5.92 Å². The molecule has 1 saturated heterocycles. The van der Waals surface area contributed by atoms with Crippen LogP contribution >= 0.6 is 0 Å². The lowest BCUT2D eigenvalue weighted by molar-refractivity contribution is -0.144. The highest BCUT2D eigenvalue weighted by molar-refractivity contribution is 5.84. The Hall–Kier alpha value is -2.45. The van der Waals surface area contributed by atoms with Gasteiger partial charge in [-0.25, -0.2) is 9.59 Å². The molecule has 2 amide bonds. The minimum Gasteiger partial charge on any atom is -0.467 e. The first-order chi connectivity index (χ1) is 13.2. The second-order valence-electron chi connectivity index (χ2n) is 6.86. The van der Waals surface area contributed by atoms with E-state index in [1.54, 1.807) is 11.0 Å². The van der Waals surface area contributed by atoms with Crippen LogP contribution in [-0.4, -0.2) is 56.2 Å². The van der Waals surface area contributed by atoms with E-state index in [1.165, 1.54) is 13.2 Å². The van der Waals surface area contributed by atoms with E-state index in [0.29, 0.717) is 38.3 Å². The van der Waals surface area contributed by atoms with E-state index in [2.05, 4.69) is 5.32 Å². The summed E-state index contributed by atoms with van der Waals surface area (Å²) in [5.74, 6) is -0.576. The summed E-state index contributed by atoms with van der Waals surface area (Å²) >= 11 is 0. The largest absolute Gasteiger partial charge is 0.467 e. The Balaban J connectivity index is 1.98. The lowest BCUT2D eigenvalue weighted by Crippen LogP contribution is -2.56. The van der Waals surface area contributed by atoms with Gasteiger partial charge >= 0.3 is 18.2 Å². The molecule has 1 aliphatic heterocycles. The normalized spacial score (nSPS) is 17.1. The highest BCUT2D eigenvalue weighted by Crippen LogP contribution is 2.31. The van der Waals surface area contributed by atoms with Crippen LogP contribution in [0.3, 0.4) is 0 Å². The Labute approximate surface area is 162 Å². The zero-order valence-corrected chi connectivity index (χ0v) is 16.3. The van der Waals surface area contributed by atoms with Gasteiger partial charge < -0.3 is 19.9 Å². The molecule has 0 spiro atoms. The van der Waals surface area contributed by atoms with Crippen molar-refractivity contribution in [2.24, 2.45) is 5.92 Å². The maximum absolute atomic E-state index is 12.9. The summed E-state index contributed by atoms with van der Waals surface area (Å²) in [6.45, 7) is 5.27. The number of piperazine rings is 1. The Kier molecular flexibility index (Phi) is 7.15. The van der Waals surface area contributed by atoms with Crippen molar-refractivity contribution in [3.63, 3.8) is 0 Å². The van der Waals surface area contributed by atoms with Gasteiger partial charge in [0.05, 0.1) is 12.7 Å². The van der Waals surface area contributed by atoms with Crippen LogP contribution in [0.1, 0.15) is 25.8 Å². The van der Waals surface area contributed by atoms with Gasteiger partial charge in [0.15, 0.2) is 0 Å². The monoisotopic (exact) mass is 401 g/mol. The number of esters is 1. The molecule has 1 heterocycles. The molecule has 28 heavy (non-hydrogen) atoms. The summed E-state index contributed by atoms with van der Waals surface area (Å²) in [6.07, 6.45) is -3.69. The summed E-state index contributed by atoms with van der Waals surface area (Å²) in [5.41, 5.74) is -0.221. The van der Waals surface area contributed by atoms with Crippen molar-refractivity contribution in [3.05, 3.63) is 29.8 Å². The first-order valence-corrected chi connectivity index (χ1v) is 9.22.